The van der Waals surface area contributed by atoms with Crippen LogP contribution in [0.4, 0.5) is 0 Å². The monoisotopic (exact) mass is 1280 g/mol. The zero-order chi connectivity index (χ0) is 67.5. The van der Waals surface area contributed by atoms with Gasteiger partial charge < -0.3 is 91.4 Å². The predicted molar refractivity (Wildman–Crippen MR) is 327 cm³/mol. The fourth-order valence-corrected chi connectivity index (χ4v) is 8.98. The predicted octanol–water partition coefficient (Wildman–Crippen LogP) is -3.34. The van der Waals surface area contributed by atoms with Crippen LogP contribution in [0.2, 0.25) is 0 Å². The number of carbonyl (C=O) groups excluding carboxylic acids is 11. The largest absolute Gasteiger partial charge is 0.481 e. The van der Waals surface area contributed by atoms with E-state index in [2.05, 4.69) is 65.8 Å². The lowest BCUT2D eigenvalue weighted by atomic mass is 9.98. The van der Waals surface area contributed by atoms with Crippen LogP contribution in [-0.2, 0) is 73.5 Å². The van der Waals surface area contributed by atoms with Crippen LogP contribution in [0.1, 0.15) is 131 Å². The van der Waals surface area contributed by atoms with Crippen LogP contribution in [0.3, 0.4) is 0 Å². The molecule has 1 aromatic carbocycles. The summed E-state index contributed by atoms with van der Waals surface area (Å²) in [5.41, 5.74) is 23.6. The van der Waals surface area contributed by atoms with E-state index in [-0.39, 0.29) is 69.4 Å². The highest BCUT2D eigenvalue weighted by Crippen LogP contribution is 2.13. The first-order chi connectivity index (χ1) is 41.9. The second-order valence-electron chi connectivity index (χ2n) is 22.5. The summed E-state index contributed by atoms with van der Waals surface area (Å²) in [5, 5.41) is 53.3. The van der Waals surface area contributed by atoms with Crippen molar-refractivity contribution in [3.8, 4) is 0 Å². The van der Waals surface area contributed by atoms with Crippen LogP contribution in [0.15, 0.2) is 30.3 Å². The van der Waals surface area contributed by atoms with Gasteiger partial charge in [-0.25, -0.2) is 4.79 Å². The minimum atomic E-state index is -1.92. The van der Waals surface area contributed by atoms with E-state index in [9.17, 15) is 82.4 Å². The Bertz CT molecular complexity index is 2550. The van der Waals surface area contributed by atoms with Gasteiger partial charge in [-0.2, -0.15) is 12.6 Å². The van der Waals surface area contributed by atoms with Gasteiger partial charge in [-0.3, -0.25) is 62.3 Å². The topological polar surface area (TPSA) is 524 Å². The van der Waals surface area contributed by atoms with Crippen LogP contribution in [0.5, 0.6) is 0 Å². The van der Waals surface area contributed by atoms with Gasteiger partial charge in [-0.05, 0) is 94.2 Å². The molecule has 0 aliphatic heterocycles. The number of benzene rings is 1. The summed E-state index contributed by atoms with van der Waals surface area (Å²) in [6, 6.07) is -6.44. The molecular weight excluding hydrogens is 1180 g/mol. The van der Waals surface area contributed by atoms with Crippen LogP contribution in [-0.4, -0.2) is 184 Å². The Morgan fingerprint density at radius 2 is 0.888 bits per heavy atom. The number of hydrogen-bond acceptors (Lipinski definition) is 18. The zero-order valence-corrected chi connectivity index (χ0v) is 52.3. The van der Waals surface area contributed by atoms with Gasteiger partial charge in [0.2, 0.25) is 65.0 Å². The third-order valence-corrected chi connectivity index (χ3v) is 14.2. The number of rotatable bonds is 45. The number of nitrogens with one attached hydrogen (secondary N) is 10. The Hall–Kier alpha value is -7.97. The van der Waals surface area contributed by atoms with Crippen LogP contribution in [0.25, 0.3) is 0 Å². The molecule has 0 aromatic heterocycles. The highest BCUT2D eigenvalue weighted by atomic mass is 32.1. The molecule has 0 saturated carbocycles. The number of primary amides is 1. The first-order valence-electron chi connectivity index (χ1n) is 29.6. The highest BCUT2D eigenvalue weighted by Gasteiger charge is 2.37. The molecule has 0 unspecified atom stereocenters. The Morgan fingerprint density at radius 3 is 1.31 bits per heavy atom. The van der Waals surface area contributed by atoms with E-state index in [0.29, 0.717) is 31.2 Å². The number of thiol groups is 1. The number of carbonyl (C=O) groups is 14. The maximum atomic E-state index is 14.2. The van der Waals surface area contributed by atoms with Gasteiger partial charge in [-0.15, -0.1) is 0 Å². The normalized spacial score (nSPS) is 14.8. The molecule has 0 bridgehead atoms. The Labute approximate surface area is 523 Å². The van der Waals surface area contributed by atoms with Gasteiger partial charge in [0.25, 0.3) is 0 Å². The summed E-state index contributed by atoms with van der Waals surface area (Å²) in [5.74, 6) is -16.5. The Balaban J connectivity index is 3.40. The van der Waals surface area contributed by atoms with E-state index in [1.54, 1.807) is 65.0 Å². The van der Waals surface area contributed by atoms with Crippen molar-refractivity contribution in [2.45, 2.75) is 192 Å². The summed E-state index contributed by atoms with van der Waals surface area (Å²) in [4.78, 5) is 185. The molecule has 0 fully saturated rings. The van der Waals surface area contributed by atoms with Gasteiger partial charge in [0.05, 0.1) is 25.4 Å². The number of amides is 11. The average Bonchev–Trinajstić information content (AvgIpc) is 3.50. The molecule has 500 valence electrons. The average molecular weight is 1280 g/mol. The molecule has 32 heteroatoms. The molecule has 0 heterocycles. The van der Waals surface area contributed by atoms with Crippen molar-refractivity contribution in [3.63, 3.8) is 0 Å². The maximum Gasteiger partial charge on any atom is 0.326 e. The minimum absolute atomic E-state index is 0.0425. The smallest absolute Gasteiger partial charge is 0.326 e. The molecule has 0 aliphatic carbocycles. The molecule has 21 N–H and O–H groups in total. The van der Waals surface area contributed by atoms with Crippen LogP contribution in [0, 0.1) is 17.8 Å². The van der Waals surface area contributed by atoms with Gasteiger partial charge >= 0.3 is 17.9 Å². The van der Waals surface area contributed by atoms with Gasteiger partial charge in [0.1, 0.15) is 54.4 Å². The third kappa shape index (κ3) is 31.7. The van der Waals surface area contributed by atoms with Gasteiger partial charge in [-0.1, -0.05) is 78.3 Å². The molecular formula is C57H94N14O17S. The molecule has 1 rings (SSSR count). The molecule has 0 aliphatic rings. The van der Waals surface area contributed by atoms with Crippen molar-refractivity contribution < 1.29 is 82.4 Å². The van der Waals surface area contributed by atoms with Gasteiger partial charge in [0.15, 0.2) is 0 Å². The standard InChI is InChI=1S/C57H94N14O17S/c1-7-32(6)47(61)56(86)66-35(18-12-14-22-59)49(79)65-36(19-20-45(74)75)51(81)68-39(26-43(60)72)54(84)67-38(24-31(4)5)53(83)64-34(17-11-13-21-58)50(80)69-40(27-46(76)77)55(85)71-42(29-89)48(78)62-28-44(73)63-37(23-30(2)3)52(82)70-41(57(87)88)25-33-15-9-8-10-16-33/h8-10,15-16,30-32,34-42,47,89H,7,11-14,17-29,58-59,61H2,1-6H3,(H2,60,72)(H,62,78)(H,63,73)(H,64,83)(H,65,79)(H,66,86)(H,67,84)(H,68,81)(H,69,80)(H,70,82)(H,71,85)(H,74,75)(H,76,77)(H,87,88)/t32-,34-,35-,36-,37-,38-,39-,40-,41-,42-,47-/m0/s1. The van der Waals surface area contributed by atoms with E-state index < -0.39 is 181 Å². The van der Waals surface area contributed by atoms with Crippen molar-refractivity contribution in [1.82, 2.24) is 53.2 Å². The molecule has 0 spiro atoms. The molecule has 89 heavy (non-hydrogen) atoms. The minimum Gasteiger partial charge on any atom is -0.481 e. The molecule has 1 aromatic rings. The molecule has 11 atom stereocenters. The van der Waals surface area contributed by atoms with Crippen molar-refractivity contribution in [2.24, 2.45) is 40.7 Å². The van der Waals surface area contributed by atoms with E-state index in [4.69, 9.17) is 22.9 Å². The summed E-state index contributed by atoms with van der Waals surface area (Å²) < 4.78 is 0. The Morgan fingerprint density at radius 1 is 0.483 bits per heavy atom. The second kappa shape index (κ2) is 42.0. The summed E-state index contributed by atoms with van der Waals surface area (Å²) in [7, 11) is 0. The van der Waals surface area contributed by atoms with E-state index in [1.165, 1.54) is 0 Å². The lowest BCUT2D eigenvalue weighted by molar-refractivity contribution is -0.142. The number of nitrogens with two attached hydrogens (primary N) is 4. The maximum absolute atomic E-state index is 14.2. The van der Waals surface area contributed by atoms with Crippen molar-refractivity contribution in [2.75, 3.05) is 25.4 Å². The first-order valence-corrected chi connectivity index (χ1v) is 30.3. The van der Waals surface area contributed by atoms with Crippen molar-refractivity contribution in [3.05, 3.63) is 35.9 Å². The molecule has 0 saturated heterocycles. The zero-order valence-electron chi connectivity index (χ0n) is 51.4. The summed E-state index contributed by atoms with van der Waals surface area (Å²) in [6.07, 6.45) is -1.57. The van der Waals surface area contributed by atoms with Gasteiger partial charge in [0, 0.05) is 18.6 Å². The lowest BCUT2D eigenvalue weighted by Gasteiger charge is -2.28. The fraction of sp³-hybridized carbons (Fsp3) is 0.649. The SMILES string of the molecule is CC[C@H](C)[C@H](N)C(=O)N[C@@H](CCCCN)C(=O)N[C@@H](CCC(=O)O)C(=O)N[C@@H](CC(N)=O)C(=O)N[C@@H](CC(C)C)C(=O)N[C@@H](CCCCN)C(=O)N[C@@H](CC(=O)O)C(=O)N[C@@H](CS)C(=O)NCC(=O)N[C@@H](CC(C)C)C(=O)N[C@@H](Cc1ccccc1)C(=O)O. The number of carboxylic acid groups (broad SMARTS) is 3. The second-order valence-corrected chi connectivity index (χ2v) is 22.8. The van der Waals surface area contributed by atoms with Crippen molar-refractivity contribution >= 4 is 95.5 Å². The summed E-state index contributed by atoms with van der Waals surface area (Å²) >= 11 is 4.13. The third-order valence-electron chi connectivity index (χ3n) is 13.9. The highest BCUT2D eigenvalue weighted by molar-refractivity contribution is 7.80. The molecule has 0 radical (unpaired) electrons. The Kier molecular flexibility index (Phi) is 37.3. The van der Waals surface area contributed by atoms with Crippen LogP contribution >= 0.6 is 12.6 Å². The molecule has 11 amide bonds. The number of unbranched alkanes of at least 4 members (excludes halogenated alkanes) is 2. The number of hydrogen-bond donors (Lipinski definition) is 18. The van der Waals surface area contributed by atoms with E-state index in [1.807, 2.05) is 6.92 Å². The lowest BCUT2D eigenvalue weighted by Crippen LogP contribution is -2.61. The van der Waals surface area contributed by atoms with E-state index in [0.717, 1.165) is 0 Å². The van der Waals surface area contributed by atoms with E-state index >= 15 is 0 Å². The summed E-state index contributed by atoms with van der Waals surface area (Å²) in [6.45, 7) is 10.0. The number of aliphatic carboxylic acids is 3. The number of carboxylic acids is 3. The van der Waals surface area contributed by atoms with Crippen LogP contribution < -0.4 is 76.1 Å². The molecule has 31 nitrogen and oxygen atoms in total. The first kappa shape index (κ1) is 79.0. The van der Waals surface area contributed by atoms with Crippen molar-refractivity contribution in [1.29, 1.82) is 0 Å². The quantitative estimate of drug-likeness (QED) is 0.0224. The fourth-order valence-electron chi connectivity index (χ4n) is 8.73.